The summed E-state index contributed by atoms with van der Waals surface area (Å²) in [5.41, 5.74) is 6.10. The largest absolute Gasteiger partial charge is 0.507 e. The molecule has 1 unspecified atom stereocenters. The van der Waals surface area contributed by atoms with Gasteiger partial charge < -0.3 is 25.4 Å². The second-order valence-electron chi connectivity index (χ2n) is 7.63. The van der Waals surface area contributed by atoms with Crippen molar-refractivity contribution >= 4 is 35.0 Å². The van der Waals surface area contributed by atoms with Gasteiger partial charge in [-0.2, -0.15) is 0 Å². The van der Waals surface area contributed by atoms with Crippen molar-refractivity contribution in [2.45, 2.75) is 6.04 Å². The summed E-state index contributed by atoms with van der Waals surface area (Å²) in [6.07, 6.45) is 0. The number of amides is 2. The second kappa shape index (κ2) is 9.84. The average molecular weight is 458 g/mol. The van der Waals surface area contributed by atoms with Crippen LogP contribution in [0.25, 0.3) is 5.76 Å². The van der Waals surface area contributed by atoms with Crippen LogP contribution in [0.15, 0.2) is 54.1 Å². The van der Waals surface area contributed by atoms with E-state index in [-0.39, 0.29) is 17.9 Å². The van der Waals surface area contributed by atoms with E-state index >= 15 is 0 Å². The molecule has 8 nitrogen and oxygen atoms in total. The number of carbonyl (C=O) groups excluding carboxylic acids is 3. The lowest BCUT2D eigenvalue weighted by Gasteiger charge is -2.26. The van der Waals surface area contributed by atoms with Gasteiger partial charge in [-0.15, -0.1) is 0 Å². The van der Waals surface area contributed by atoms with Gasteiger partial charge in [-0.05, 0) is 56.1 Å². The van der Waals surface area contributed by atoms with Crippen molar-refractivity contribution in [2.24, 2.45) is 5.73 Å². The number of nitrogens with two attached hydrogens (primary N) is 1. The van der Waals surface area contributed by atoms with Crippen molar-refractivity contribution < 1.29 is 24.2 Å². The third-order valence-electron chi connectivity index (χ3n) is 5.02. The highest BCUT2D eigenvalue weighted by atomic mass is 35.5. The Morgan fingerprint density at radius 2 is 1.75 bits per heavy atom. The van der Waals surface area contributed by atoms with Crippen LogP contribution in [0.3, 0.4) is 0 Å². The summed E-state index contributed by atoms with van der Waals surface area (Å²) in [5.74, 6) is -1.90. The van der Waals surface area contributed by atoms with Gasteiger partial charge in [-0.25, -0.2) is 0 Å². The molecule has 1 fully saturated rings. The Balaban J connectivity index is 2.05. The zero-order valence-electron chi connectivity index (χ0n) is 17.7. The Labute approximate surface area is 190 Å². The zero-order valence-corrected chi connectivity index (χ0v) is 18.5. The number of aliphatic hydroxyl groups excluding tert-OH is 1. The van der Waals surface area contributed by atoms with E-state index in [1.807, 2.05) is 19.0 Å². The number of ketones is 1. The Kier molecular flexibility index (Phi) is 7.17. The molecule has 3 N–H and O–H groups in total. The SMILES string of the molecule is CN(C)CCN1C(=O)C(=O)C(=C(O)c2ccc(Cl)cc2)C1c1ccc(OCC(N)=O)cc1. The van der Waals surface area contributed by atoms with Gasteiger partial charge in [-0.1, -0.05) is 23.7 Å². The minimum absolute atomic E-state index is 0.00174. The summed E-state index contributed by atoms with van der Waals surface area (Å²) >= 11 is 5.93. The number of halogens is 1. The fourth-order valence-electron chi connectivity index (χ4n) is 3.43. The first-order valence-electron chi connectivity index (χ1n) is 9.89. The highest BCUT2D eigenvalue weighted by Crippen LogP contribution is 2.39. The molecular formula is C23H24ClN3O5. The average Bonchev–Trinajstić information content (AvgIpc) is 3.01. The van der Waals surface area contributed by atoms with Crippen LogP contribution in [-0.2, 0) is 14.4 Å². The number of likely N-dealkylation sites (tertiary alicyclic amines) is 1. The minimum Gasteiger partial charge on any atom is -0.507 e. The molecule has 0 aliphatic carbocycles. The Morgan fingerprint density at radius 3 is 2.31 bits per heavy atom. The van der Waals surface area contributed by atoms with Crippen LogP contribution in [0.1, 0.15) is 17.2 Å². The van der Waals surface area contributed by atoms with Crippen LogP contribution in [0.2, 0.25) is 5.02 Å². The molecule has 1 heterocycles. The zero-order chi connectivity index (χ0) is 23.4. The molecule has 1 saturated heterocycles. The quantitative estimate of drug-likeness (QED) is 0.357. The summed E-state index contributed by atoms with van der Waals surface area (Å²) in [6, 6.07) is 12.2. The first-order valence-corrected chi connectivity index (χ1v) is 10.3. The molecule has 0 spiro atoms. The molecular weight excluding hydrogens is 434 g/mol. The molecule has 0 bridgehead atoms. The molecule has 0 saturated carbocycles. The summed E-state index contributed by atoms with van der Waals surface area (Å²) in [6.45, 7) is 0.557. The number of carbonyl (C=O) groups is 3. The molecule has 0 radical (unpaired) electrons. The van der Waals surface area contributed by atoms with Crippen LogP contribution in [-0.4, -0.2) is 66.3 Å². The molecule has 168 valence electrons. The van der Waals surface area contributed by atoms with Crippen LogP contribution in [0.5, 0.6) is 5.75 Å². The summed E-state index contributed by atoms with van der Waals surface area (Å²) < 4.78 is 5.29. The van der Waals surface area contributed by atoms with Crippen molar-refractivity contribution in [3.63, 3.8) is 0 Å². The minimum atomic E-state index is -0.782. The van der Waals surface area contributed by atoms with Gasteiger partial charge in [-0.3, -0.25) is 14.4 Å². The van der Waals surface area contributed by atoms with E-state index in [1.165, 1.54) is 4.90 Å². The van der Waals surface area contributed by atoms with Crippen molar-refractivity contribution in [3.8, 4) is 5.75 Å². The number of nitrogens with zero attached hydrogens (tertiary/aromatic N) is 2. The van der Waals surface area contributed by atoms with Crippen LogP contribution in [0, 0.1) is 0 Å². The number of primary amides is 1. The molecule has 9 heteroatoms. The number of hydrogen-bond donors (Lipinski definition) is 2. The lowest BCUT2D eigenvalue weighted by atomic mass is 9.95. The normalized spacial score (nSPS) is 17.8. The molecule has 1 atom stereocenters. The smallest absolute Gasteiger partial charge is 0.295 e. The maximum Gasteiger partial charge on any atom is 0.295 e. The van der Waals surface area contributed by atoms with Crippen molar-refractivity contribution in [1.29, 1.82) is 0 Å². The number of Topliss-reactive ketones (excluding diaryl/α,β-unsaturated/α-hetero) is 1. The van der Waals surface area contributed by atoms with Gasteiger partial charge >= 0.3 is 0 Å². The maximum absolute atomic E-state index is 12.9. The third-order valence-corrected chi connectivity index (χ3v) is 5.27. The Morgan fingerprint density at radius 1 is 1.12 bits per heavy atom. The van der Waals surface area contributed by atoms with Gasteiger partial charge in [0.05, 0.1) is 11.6 Å². The van der Waals surface area contributed by atoms with Gasteiger partial charge in [0, 0.05) is 23.7 Å². The lowest BCUT2D eigenvalue weighted by Crippen LogP contribution is -2.35. The molecule has 1 aliphatic rings. The van der Waals surface area contributed by atoms with Gasteiger partial charge in [0.15, 0.2) is 6.61 Å². The van der Waals surface area contributed by atoms with E-state index in [0.717, 1.165) is 0 Å². The number of likely N-dealkylation sites (N-methyl/N-ethyl adjacent to an activating group) is 1. The fraction of sp³-hybridized carbons (Fsp3) is 0.261. The highest BCUT2D eigenvalue weighted by molar-refractivity contribution is 6.46. The molecule has 3 rings (SSSR count). The first kappa shape index (κ1) is 23.3. The fourth-order valence-corrected chi connectivity index (χ4v) is 3.55. The summed E-state index contributed by atoms with van der Waals surface area (Å²) in [5, 5.41) is 11.5. The standard InChI is InChI=1S/C23H24ClN3O5/c1-26(2)11-12-27-20(14-5-9-17(10-6-14)32-13-18(25)28)19(22(30)23(27)31)21(29)15-3-7-16(24)8-4-15/h3-10,20,29H,11-13H2,1-2H3,(H2,25,28). The molecule has 2 amide bonds. The van der Waals surface area contributed by atoms with Crippen LogP contribution >= 0.6 is 11.6 Å². The molecule has 0 aromatic heterocycles. The van der Waals surface area contributed by atoms with E-state index < -0.39 is 23.6 Å². The van der Waals surface area contributed by atoms with Gasteiger partial charge in [0.2, 0.25) is 0 Å². The predicted molar refractivity (Wildman–Crippen MR) is 120 cm³/mol. The molecule has 32 heavy (non-hydrogen) atoms. The lowest BCUT2D eigenvalue weighted by molar-refractivity contribution is -0.140. The third kappa shape index (κ3) is 5.09. The van der Waals surface area contributed by atoms with Gasteiger partial charge in [0.1, 0.15) is 11.5 Å². The van der Waals surface area contributed by atoms with E-state index in [1.54, 1.807) is 48.5 Å². The summed E-state index contributed by atoms with van der Waals surface area (Å²) in [4.78, 5) is 40.1. The topological polar surface area (TPSA) is 113 Å². The van der Waals surface area contributed by atoms with E-state index in [9.17, 15) is 19.5 Å². The Bertz CT molecular complexity index is 1050. The number of benzene rings is 2. The van der Waals surface area contributed by atoms with E-state index in [4.69, 9.17) is 22.1 Å². The molecule has 2 aromatic rings. The van der Waals surface area contributed by atoms with Crippen molar-refractivity contribution in [1.82, 2.24) is 9.80 Å². The van der Waals surface area contributed by atoms with Crippen molar-refractivity contribution in [3.05, 3.63) is 70.3 Å². The second-order valence-corrected chi connectivity index (χ2v) is 8.06. The molecule has 1 aliphatic heterocycles. The summed E-state index contributed by atoms with van der Waals surface area (Å²) in [7, 11) is 3.73. The number of aliphatic hydroxyl groups is 1. The molecule has 2 aromatic carbocycles. The van der Waals surface area contributed by atoms with Crippen LogP contribution in [0.4, 0.5) is 0 Å². The van der Waals surface area contributed by atoms with Crippen LogP contribution < -0.4 is 10.5 Å². The monoisotopic (exact) mass is 457 g/mol. The Hall–Kier alpha value is -3.36. The number of ether oxygens (including phenoxy) is 1. The first-order chi connectivity index (χ1) is 15.2. The highest BCUT2D eigenvalue weighted by Gasteiger charge is 2.45. The maximum atomic E-state index is 12.9. The predicted octanol–water partition coefficient (Wildman–Crippen LogP) is 2.19. The number of hydrogen-bond acceptors (Lipinski definition) is 6. The van der Waals surface area contributed by atoms with Gasteiger partial charge in [0.25, 0.3) is 17.6 Å². The van der Waals surface area contributed by atoms with E-state index in [0.29, 0.717) is 35.0 Å². The number of rotatable bonds is 8. The van der Waals surface area contributed by atoms with E-state index in [2.05, 4.69) is 0 Å². The van der Waals surface area contributed by atoms with Crippen molar-refractivity contribution in [2.75, 3.05) is 33.8 Å².